The van der Waals surface area contributed by atoms with E-state index in [1.807, 2.05) is 0 Å². The van der Waals surface area contributed by atoms with E-state index in [4.69, 9.17) is 10.5 Å². The van der Waals surface area contributed by atoms with Crippen LogP contribution in [0.4, 0.5) is 13.6 Å². The van der Waals surface area contributed by atoms with Gasteiger partial charge in [0.1, 0.15) is 17.7 Å². The maximum atomic E-state index is 13.4. The maximum Gasteiger partial charge on any atom is 0.408 e. The monoisotopic (exact) mass is 321 g/mol. The SMILES string of the molecule is C[C@@H](NC(=O)OC(C)(C)C)C(=O)N1CC(F)(F)C[C@H]1C(N)=O. The topological polar surface area (TPSA) is 102 Å². The van der Waals surface area contributed by atoms with E-state index in [1.165, 1.54) is 6.92 Å². The van der Waals surface area contributed by atoms with Crippen LogP contribution in [0, 0.1) is 0 Å². The Labute approximate surface area is 127 Å². The lowest BCUT2D eigenvalue weighted by Crippen LogP contribution is -2.52. The van der Waals surface area contributed by atoms with Gasteiger partial charge in [0.05, 0.1) is 6.54 Å². The minimum Gasteiger partial charge on any atom is -0.444 e. The molecule has 1 saturated heterocycles. The number of halogens is 2. The van der Waals surface area contributed by atoms with Crippen LogP contribution in [0.5, 0.6) is 0 Å². The fraction of sp³-hybridized carbons (Fsp3) is 0.769. The first-order valence-electron chi connectivity index (χ1n) is 6.79. The van der Waals surface area contributed by atoms with Crippen LogP contribution in [0.15, 0.2) is 0 Å². The van der Waals surface area contributed by atoms with Crippen LogP contribution in [0.1, 0.15) is 34.1 Å². The van der Waals surface area contributed by atoms with Gasteiger partial charge in [-0.3, -0.25) is 9.59 Å². The van der Waals surface area contributed by atoms with Crippen LogP contribution in [-0.2, 0) is 14.3 Å². The van der Waals surface area contributed by atoms with Crippen molar-refractivity contribution in [1.29, 1.82) is 0 Å². The van der Waals surface area contributed by atoms with Crippen molar-refractivity contribution in [2.75, 3.05) is 6.54 Å². The molecule has 126 valence electrons. The Hall–Kier alpha value is -1.93. The third-order valence-electron chi connectivity index (χ3n) is 2.99. The number of nitrogens with one attached hydrogen (secondary N) is 1. The lowest BCUT2D eigenvalue weighted by Gasteiger charge is -2.26. The smallest absolute Gasteiger partial charge is 0.408 e. The Morgan fingerprint density at radius 1 is 1.36 bits per heavy atom. The molecule has 1 aliphatic heterocycles. The molecule has 0 aromatic rings. The molecule has 0 bridgehead atoms. The Morgan fingerprint density at radius 3 is 2.36 bits per heavy atom. The molecular formula is C13H21F2N3O4. The number of primary amides is 1. The summed E-state index contributed by atoms with van der Waals surface area (Å²) in [5, 5.41) is 2.25. The van der Waals surface area contributed by atoms with Crippen molar-refractivity contribution < 1.29 is 27.9 Å². The lowest BCUT2D eigenvalue weighted by molar-refractivity contribution is -0.139. The molecule has 0 radical (unpaired) electrons. The zero-order valence-corrected chi connectivity index (χ0v) is 13.0. The lowest BCUT2D eigenvalue weighted by atomic mass is 10.1. The predicted octanol–water partition coefficient (Wildman–Crippen LogP) is 0.621. The number of ether oxygens (including phenoxy) is 1. The van der Waals surface area contributed by atoms with Crippen molar-refractivity contribution in [2.45, 2.75) is 57.7 Å². The van der Waals surface area contributed by atoms with E-state index in [2.05, 4.69) is 5.32 Å². The number of hydrogen-bond donors (Lipinski definition) is 2. The van der Waals surface area contributed by atoms with Gasteiger partial charge in [-0.25, -0.2) is 13.6 Å². The molecule has 0 aliphatic carbocycles. The first kappa shape index (κ1) is 18.1. The van der Waals surface area contributed by atoms with Gasteiger partial charge >= 0.3 is 6.09 Å². The summed E-state index contributed by atoms with van der Waals surface area (Å²) in [5.41, 5.74) is 4.29. The largest absolute Gasteiger partial charge is 0.444 e. The van der Waals surface area contributed by atoms with Crippen LogP contribution < -0.4 is 11.1 Å². The van der Waals surface area contributed by atoms with Crippen molar-refractivity contribution in [3.8, 4) is 0 Å². The number of alkyl carbamates (subject to hydrolysis) is 1. The number of nitrogens with two attached hydrogens (primary N) is 1. The molecule has 9 heteroatoms. The number of carbonyl (C=O) groups excluding carboxylic acids is 3. The quantitative estimate of drug-likeness (QED) is 0.795. The average molecular weight is 321 g/mol. The summed E-state index contributed by atoms with van der Waals surface area (Å²) < 4.78 is 31.8. The Balaban J connectivity index is 2.73. The van der Waals surface area contributed by atoms with Gasteiger partial charge in [-0.05, 0) is 27.7 Å². The molecule has 1 fully saturated rings. The van der Waals surface area contributed by atoms with E-state index in [0.29, 0.717) is 4.90 Å². The summed E-state index contributed by atoms with van der Waals surface area (Å²) in [6, 6.07) is -2.50. The van der Waals surface area contributed by atoms with E-state index < -0.39 is 54.5 Å². The first-order valence-corrected chi connectivity index (χ1v) is 6.79. The number of hydrogen-bond acceptors (Lipinski definition) is 4. The number of carbonyl (C=O) groups is 3. The van der Waals surface area contributed by atoms with Crippen LogP contribution in [-0.4, -0.2) is 53.0 Å². The molecule has 0 spiro atoms. The van der Waals surface area contributed by atoms with E-state index in [-0.39, 0.29) is 0 Å². The molecule has 22 heavy (non-hydrogen) atoms. The fourth-order valence-corrected chi connectivity index (χ4v) is 2.10. The Kier molecular flexibility index (Phi) is 4.99. The van der Waals surface area contributed by atoms with E-state index in [9.17, 15) is 23.2 Å². The molecule has 1 aliphatic rings. The number of nitrogens with zero attached hydrogens (tertiary/aromatic N) is 1. The normalized spacial score (nSPS) is 22.1. The third-order valence-corrected chi connectivity index (χ3v) is 2.99. The molecule has 3 amide bonds. The van der Waals surface area contributed by atoms with Crippen molar-refractivity contribution in [3.05, 3.63) is 0 Å². The molecule has 0 aromatic carbocycles. The standard InChI is InChI=1S/C13H21F2N3O4/c1-7(17-11(21)22-12(2,3)4)10(20)18-6-13(14,15)5-8(18)9(16)19/h7-8H,5-6H2,1-4H3,(H2,16,19)(H,17,21)/t7-,8+/m1/s1. The van der Waals surface area contributed by atoms with Gasteiger partial charge in [0.25, 0.3) is 5.92 Å². The maximum absolute atomic E-state index is 13.4. The van der Waals surface area contributed by atoms with Gasteiger partial charge in [0.15, 0.2) is 0 Å². The van der Waals surface area contributed by atoms with E-state index in [0.717, 1.165) is 0 Å². The van der Waals surface area contributed by atoms with Gasteiger partial charge in [-0.2, -0.15) is 0 Å². The second-order valence-corrected chi connectivity index (χ2v) is 6.31. The molecule has 0 aromatic heterocycles. The molecule has 2 atom stereocenters. The van der Waals surface area contributed by atoms with Gasteiger partial charge in [-0.1, -0.05) is 0 Å². The zero-order valence-electron chi connectivity index (χ0n) is 13.0. The summed E-state index contributed by atoms with van der Waals surface area (Å²) in [6.45, 7) is 5.34. The number of amides is 3. The first-order chi connectivity index (χ1) is 9.82. The highest BCUT2D eigenvalue weighted by molar-refractivity contribution is 5.91. The minimum absolute atomic E-state index is 0.699. The van der Waals surface area contributed by atoms with Crippen molar-refractivity contribution in [2.24, 2.45) is 5.73 Å². The van der Waals surface area contributed by atoms with Crippen molar-refractivity contribution in [3.63, 3.8) is 0 Å². The highest BCUT2D eigenvalue weighted by Crippen LogP contribution is 2.32. The molecule has 3 N–H and O–H groups in total. The van der Waals surface area contributed by atoms with Crippen LogP contribution in [0.3, 0.4) is 0 Å². The molecule has 0 saturated carbocycles. The second kappa shape index (κ2) is 6.05. The van der Waals surface area contributed by atoms with E-state index in [1.54, 1.807) is 20.8 Å². The van der Waals surface area contributed by atoms with Crippen LogP contribution in [0.2, 0.25) is 0 Å². The van der Waals surface area contributed by atoms with Crippen molar-refractivity contribution in [1.82, 2.24) is 10.2 Å². The highest BCUT2D eigenvalue weighted by Gasteiger charge is 2.50. The molecule has 1 rings (SSSR count). The van der Waals surface area contributed by atoms with Gasteiger partial charge in [-0.15, -0.1) is 0 Å². The summed E-state index contributed by atoms with van der Waals surface area (Å²) in [6.07, 6.45) is -1.66. The molecule has 0 unspecified atom stereocenters. The molecule has 7 nitrogen and oxygen atoms in total. The summed E-state index contributed by atoms with van der Waals surface area (Å²) in [4.78, 5) is 35.7. The fourth-order valence-electron chi connectivity index (χ4n) is 2.10. The van der Waals surface area contributed by atoms with Gasteiger partial charge in [0, 0.05) is 6.42 Å². The average Bonchev–Trinajstić information content (AvgIpc) is 2.61. The third kappa shape index (κ3) is 4.81. The van der Waals surface area contributed by atoms with Gasteiger partial charge in [0.2, 0.25) is 11.8 Å². The number of alkyl halides is 2. The zero-order chi connectivity index (χ0) is 17.3. The predicted molar refractivity (Wildman–Crippen MR) is 73.1 cm³/mol. The van der Waals surface area contributed by atoms with Crippen LogP contribution in [0.25, 0.3) is 0 Å². The number of likely N-dealkylation sites (tertiary alicyclic amines) is 1. The van der Waals surface area contributed by atoms with Gasteiger partial charge < -0.3 is 20.7 Å². The van der Waals surface area contributed by atoms with E-state index >= 15 is 0 Å². The minimum atomic E-state index is -3.18. The second-order valence-electron chi connectivity index (χ2n) is 6.31. The Morgan fingerprint density at radius 2 is 1.91 bits per heavy atom. The summed E-state index contributed by atoms with van der Waals surface area (Å²) in [5.74, 6) is -5.00. The molecular weight excluding hydrogens is 300 g/mol. The Bertz CT molecular complexity index is 476. The highest BCUT2D eigenvalue weighted by atomic mass is 19.3. The van der Waals surface area contributed by atoms with Crippen molar-refractivity contribution >= 4 is 17.9 Å². The number of rotatable bonds is 3. The summed E-state index contributed by atoms with van der Waals surface area (Å²) in [7, 11) is 0. The van der Waals surface area contributed by atoms with Crippen LogP contribution >= 0.6 is 0 Å². The summed E-state index contributed by atoms with van der Waals surface area (Å²) >= 11 is 0. The molecule has 1 heterocycles.